The molecule has 1 aromatic heterocycles. The average Bonchev–Trinajstić information content (AvgIpc) is 2.84. The lowest BCUT2D eigenvalue weighted by Gasteiger charge is -2.07. The van der Waals surface area contributed by atoms with Gasteiger partial charge in [-0.1, -0.05) is 24.3 Å². The standard InChI is InChI=1S/C17H17FN2/c1-19-11-14-5-3-7-17-16(14)8-9-20(17)12-13-4-2-6-15(18)10-13/h2-10,19H,11-12H2,1H3. The van der Waals surface area contributed by atoms with Crippen molar-refractivity contribution in [3.63, 3.8) is 0 Å². The van der Waals surface area contributed by atoms with Gasteiger partial charge in [-0.3, -0.25) is 0 Å². The minimum atomic E-state index is -0.185. The van der Waals surface area contributed by atoms with Crippen LogP contribution < -0.4 is 5.32 Å². The summed E-state index contributed by atoms with van der Waals surface area (Å²) < 4.78 is 15.4. The predicted octanol–water partition coefficient (Wildman–Crippen LogP) is 3.55. The number of rotatable bonds is 4. The summed E-state index contributed by atoms with van der Waals surface area (Å²) in [6, 6.07) is 15.2. The van der Waals surface area contributed by atoms with Crippen LogP contribution in [0.1, 0.15) is 11.1 Å². The zero-order chi connectivity index (χ0) is 13.9. The molecule has 0 saturated heterocycles. The van der Waals surface area contributed by atoms with Crippen molar-refractivity contribution < 1.29 is 4.39 Å². The molecule has 2 nitrogen and oxygen atoms in total. The van der Waals surface area contributed by atoms with Crippen LogP contribution in [0.5, 0.6) is 0 Å². The largest absolute Gasteiger partial charge is 0.343 e. The Hall–Kier alpha value is -2.13. The highest BCUT2D eigenvalue weighted by atomic mass is 19.1. The molecule has 102 valence electrons. The van der Waals surface area contributed by atoms with Crippen LogP contribution in [0.15, 0.2) is 54.7 Å². The summed E-state index contributed by atoms with van der Waals surface area (Å²) in [4.78, 5) is 0. The van der Waals surface area contributed by atoms with E-state index in [-0.39, 0.29) is 5.82 Å². The van der Waals surface area contributed by atoms with E-state index < -0.39 is 0 Å². The SMILES string of the molecule is CNCc1cccc2c1ccn2Cc1cccc(F)c1. The molecule has 0 bridgehead atoms. The number of hydrogen-bond donors (Lipinski definition) is 1. The molecule has 20 heavy (non-hydrogen) atoms. The molecule has 3 aromatic rings. The maximum Gasteiger partial charge on any atom is 0.123 e. The zero-order valence-electron chi connectivity index (χ0n) is 11.4. The van der Waals surface area contributed by atoms with Crippen LogP contribution in [-0.4, -0.2) is 11.6 Å². The monoisotopic (exact) mass is 268 g/mol. The van der Waals surface area contributed by atoms with E-state index >= 15 is 0 Å². The van der Waals surface area contributed by atoms with Gasteiger partial charge in [0.25, 0.3) is 0 Å². The first-order chi connectivity index (χ1) is 9.78. The van der Waals surface area contributed by atoms with Crippen LogP contribution in [0.25, 0.3) is 10.9 Å². The molecule has 0 aliphatic rings. The Bertz CT molecular complexity index is 731. The molecule has 0 aliphatic carbocycles. The number of hydrogen-bond acceptors (Lipinski definition) is 1. The van der Waals surface area contributed by atoms with Gasteiger partial charge in [0.05, 0.1) is 0 Å². The van der Waals surface area contributed by atoms with Crippen molar-refractivity contribution in [1.82, 2.24) is 9.88 Å². The summed E-state index contributed by atoms with van der Waals surface area (Å²) in [7, 11) is 1.95. The summed E-state index contributed by atoms with van der Waals surface area (Å²) in [6.45, 7) is 1.53. The second-order valence-corrected chi connectivity index (χ2v) is 4.95. The molecular formula is C17H17FN2. The molecule has 1 heterocycles. The van der Waals surface area contributed by atoms with Crippen molar-refractivity contribution in [2.75, 3.05) is 7.05 Å². The molecular weight excluding hydrogens is 251 g/mol. The Kier molecular flexibility index (Phi) is 3.52. The van der Waals surface area contributed by atoms with Crippen molar-refractivity contribution in [3.8, 4) is 0 Å². The molecule has 0 aliphatic heterocycles. The first-order valence-electron chi connectivity index (χ1n) is 6.74. The van der Waals surface area contributed by atoms with Gasteiger partial charge in [-0.2, -0.15) is 0 Å². The fourth-order valence-electron chi connectivity index (χ4n) is 2.60. The Balaban J connectivity index is 1.98. The van der Waals surface area contributed by atoms with E-state index in [2.05, 4.69) is 40.3 Å². The summed E-state index contributed by atoms with van der Waals surface area (Å²) in [6.07, 6.45) is 2.06. The first-order valence-corrected chi connectivity index (χ1v) is 6.74. The van der Waals surface area contributed by atoms with E-state index in [9.17, 15) is 4.39 Å². The van der Waals surface area contributed by atoms with Gasteiger partial charge < -0.3 is 9.88 Å². The van der Waals surface area contributed by atoms with E-state index in [1.165, 1.54) is 22.5 Å². The minimum absolute atomic E-state index is 0.185. The molecule has 0 amide bonds. The van der Waals surface area contributed by atoms with Crippen molar-refractivity contribution in [1.29, 1.82) is 0 Å². The molecule has 0 fully saturated rings. The molecule has 0 spiro atoms. The first kappa shape index (κ1) is 12.9. The molecule has 3 heteroatoms. The highest BCUT2D eigenvalue weighted by Crippen LogP contribution is 2.21. The lowest BCUT2D eigenvalue weighted by Crippen LogP contribution is -2.05. The fraction of sp³-hybridized carbons (Fsp3) is 0.176. The van der Waals surface area contributed by atoms with E-state index in [0.29, 0.717) is 6.54 Å². The number of nitrogens with zero attached hydrogens (tertiary/aromatic N) is 1. The van der Waals surface area contributed by atoms with E-state index in [1.54, 1.807) is 12.1 Å². The predicted molar refractivity (Wildman–Crippen MR) is 80.2 cm³/mol. The van der Waals surface area contributed by atoms with Gasteiger partial charge in [0.1, 0.15) is 5.82 Å². The van der Waals surface area contributed by atoms with Crippen LogP contribution >= 0.6 is 0 Å². The Morgan fingerprint density at radius 1 is 1.10 bits per heavy atom. The molecule has 0 saturated carbocycles. The van der Waals surface area contributed by atoms with Gasteiger partial charge in [0, 0.05) is 30.2 Å². The topological polar surface area (TPSA) is 17.0 Å². The van der Waals surface area contributed by atoms with E-state index in [0.717, 1.165) is 12.1 Å². The van der Waals surface area contributed by atoms with Crippen molar-refractivity contribution in [3.05, 3.63) is 71.7 Å². The Labute approximate surface area is 117 Å². The smallest absolute Gasteiger partial charge is 0.123 e. The third kappa shape index (κ3) is 2.45. The lowest BCUT2D eigenvalue weighted by molar-refractivity contribution is 0.624. The van der Waals surface area contributed by atoms with E-state index in [1.807, 2.05) is 13.1 Å². The Morgan fingerprint density at radius 2 is 1.95 bits per heavy atom. The van der Waals surface area contributed by atoms with Crippen molar-refractivity contribution in [2.45, 2.75) is 13.1 Å². The number of fused-ring (bicyclic) bond motifs is 1. The molecule has 1 N–H and O–H groups in total. The number of benzene rings is 2. The van der Waals surface area contributed by atoms with Gasteiger partial charge in [-0.25, -0.2) is 4.39 Å². The average molecular weight is 268 g/mol. The number of aromatic nitrogens is 1. The molecule has 0 unspecified atom stereocenters. The second kappa shape index (κ2) is 5.47. The van der Waals surface area contributed by atoms with Crippen molar-refractivity contribution >= 4 is 10.9 Å². The number of nitrogens with one attached hydrogen (secondary N) is 1. The summed E-state index contributed by atoms with van der Waals surface area (Å²) in [5.74, 6) is -0.185. The second-order valence-electron chi connectivity index (χ2n) is 4.95. The highest BCUT2D eigenvalue weighted by molar-refractivity contribution is 5.83. The van der Waals surface area contributed by atoms with Crippen molar-refractivity contribution in [2.24, 2.45) is 0 Å². The third-order valence-corrected chi connectivity index (χ3v) is 3.51. The molecule has 0 atom stereocenters. The molecule has 3 rings (SSSR count). The van der Waals surface area contributed by atoms with E-state index in [4.69, 9.17) is 0 Å². The minimum Gasteiger partial charge on any atom is -0.343 e. The lowest BCUT2D eigenvalue weighted by atomic mass is 10.1. The van der Waals surface area contributed by atoms with Crippen LogP contribution in [0.2, 0.25) is 0 Å². The maximum atomic E-state index is 13.3. The van der Waals surface area contributed by atoms with Gasteiger partial charge in [0.15, 0.2) is 0 Å². The molecule has 2 aromatic carbocycles. The van der Waals surface area contributed by atoms with Gasteiger partial charge in [-0.05, 0) is 42.4 Å². The van der Waals surface area contributed by atoms with Crippen LogP contribution in [-0.2, 0) is 13.1 Å². The zero-order valence-corrected chi connectivity index (χ0v) is 11.4. The summed E-state index contributed by atoms with van der Waals surface area (Å²) >= 11 is 0. The van der Waals surface area contributed by atoms with Crippen LogP contribution in [0.3, 0.4) is 0 Å². The quantitative estimate of drug-likeness (QED) is 0.765. The van der Waals surface area contributed by atoms with Crippen LogP contribution in [0.4, 0.5) is 4.39 Å². The summed E-state index contributed by atoms with van der Waals surface area (Å²) in [5.41, 5.74) is 3.44. The van der Waals surface area contributed by atoms with Crippen LogP contribution in [0, 0.1) is 5.82 Å². The molecule has 0 radical (unpaired) electrons. The highest BCUT2D eigenvalue weighted by Gasteiger charge is 2.05. The maximum absolute atomic E-state index is 13.3. The Morgan fingerprint density at radius 3 is 2.75 bits per heavy atom. The fourth-order valence-corrected chi connectivity index (χ4v) is 2.60. The van der Waals surface area contributed by atoms with Gasteiger partial charge in [-0.15, -0.1) is 0 Å². The van der Waals surface area contributed by atoms with Gasteiger partial charge in [0.2, 0.25) is 0 Å². The third-order valence-electron chi connectivity index (χ3n) is 3.51. The number of halogens is 1. The normalized spacial score (nSPS) is 11.1. The van der Waals surface area contributed by atoms with Gasteiger partial charge >= 0.3 is 0 Å². The summed E-state index contributed by atoms with van der Waals surface area (Å²) in [5, 5.41) is 4.43.